The van der Waals surface area contributed by atoms with Crippen molar-refractivity contribution in [2.24, 2.45) is 0 Å². The summed E-state index contributed by atoms with van der Waals surface area (Å²) in [6, 6.07) is 13.6. The molecular weight excluding hydrogens is 456 g/mol. The quantitative estimate of drug-likeness (QED) is 0.385. The summed E-state index contributed by atoms with van der Waals surface area (Å²) in [4.78, 5) is 22.7. The molecule has 1 aliphatic rings. The van der Waals surface area contributed by atoms with Crippen molar-refractivity contribution in [3.05, 3.63) is 54.9 Å². The number of nitrogens with zero attached hydrogens (tertiary/aromatic N) is 6. The number of morpholine rings is 1. The summed E-state index contributed by atoms with van der Waals surface area (Å²) in [5.41, 5.74) is 9.40. The van der Waals surface area contributed by atoms with Gasteiger partial charge >= 0.3 is 0 Å². The molecule has 0 unspecified atom stereocenters. The van der Waals surface area contributed by atoms with E-state index < -0.39 is 0 Å². The molecule has 3 N–H and O–H groups in total. The first-order chi connectivity index (χ1) is 17.6. The van der Waals surface area contributed by atoms with Gasteiger partial charge in [0.1, 0.15) is 29.5 Å². The first kappa shape index (κ1) is 23.7. The van der Waals surface area contributed by atoms with Crippen LogP contribution in [0.1, 0.15) is 0 Å². The average molecular weight is 487 g/mol. The lowest BCUT2D eigenvalue weighted by Gasteiger charge is -2.27. The maximum absolute atomic E-state index is 6.31. The minimum absolute atomic E-state index is 0.382. The summed E-state index contributed by atoms with van der Waals surface area (Å²) < 4.78 is 11.2. The van der Waals surface area contributed by atoms with Crippen LogP contribution >= 0.6 is 0 Å². The van der Waals surface area contributed by atoms with E-state index in [1.807, 2.05) is 56.6 Å². The highest BCUT2D eigenvalue weighted by Crippen LogP contribution is 2.30. The zero-order valence-electron chi connectivity index (χ0n) is 20.5. The second-order valence-electron chi connectivity index (χ2n) is 8.79. The first-order valence-corrected chi connectivity index (χ1v) is 11.9. The van der Waals surface area contributed by atoms with Crippen LogP contribution in [0.25, 0.3) is 22.2 Å². The van der Waals surface area contributed by atoms with E-state index in [-0.39, 0.29) is 0 Å². The highest BCUT2D eigenvalue weighted by molar-refractivity contribution is 5.97. The predicted molar refractivity (Wildman–Crippen MR) is 142 cm³/mol. The van der Waals surface area contributed by atoms with Gasteiger partial charge in [-0.1, -0.05) is 0 Å². The van der Waals surface area contributed by atoms with E-state index in [0.29, 0.717) is 37.1 Å². The summed E-state index contributed by atoms with van der Waals surface area (Å²) in [5, 5.41) is 3.98. The third-order valence-corrected chi connectivity index (χ3v) is 5.92. The molecule has 0 radical (unpaired) electrons. The molecule has 3 aromatic heterocycles. The lowest BCUT2D eigenvalue weighted by atomic mass is 10.1. The molecular formula is C26H30N8O2. The Bertz CT molecular complexity index is 1310. The maximum Gasteiger partial charge on any atom is 0.229 e. The molecule has 0 atom stereocenters. The van der Waals surface area contributed by atoms with Crippen molar-refractivity contribution < 1.29 is 9.47 Å². The Kier molecular flexibility index (Phi) is 7.06. The fourth-order valence-corrected chi connectivity index (χ4v) is 3.97. The number of aromatic nitrogens is 4. The number of likely N-dealkylation sites (N-methyl/N-ethyl adjacent to an activating group) is 1. The van der Waals surface area contributed by atoms with Crippen molar-refractivity contribution in [2.45, 2.75) is 0 Å². The number of nitrogens with one attached hydrogen (secondary N) is 1. The molecule has 4 aromatic rings. The fourth-order valence-electron chi connectivity index (χ4n) is 3.97. The zero-order chi connectivity index (χ0) is 24.9. The van der Waals surface area contributed by atoms with Gasteiger partial charge < -0.3 is 30.3 Å². The third-order valence-electron chi connectivity index (χ3n) is 5.92. The normalized spacial score (nSPS) is 13.8. The number of fused-ring (bicyclic) bond motifs is 1. The number of anilines is 4. The fraction of sp³-hybridized carbons (Fsp3) is 0.308. The van der Waals surface area contributed by atoms with Crippen molar-refractivity contribution in [2.75, 3.05) is 69.5 Å². The van der Waals surface area contributed by atoms with Gasteiger partial charge in [-0.2, -0.15) is 4.98 Å². The summed E-state index contributed by atoms with van der Waals surface area (Å²) in [5.74, 6) is 2.50. The van der Waals surface area contributed by atoms with Crippen LogP contribution in [0.2, 0.25) is 0 Å². The molecule has 36 heavy (non-hydrogen) atoms. The molecule has 0 aliphatic carbocycles. The van der Waals surface area contributed by atoms with Crippen molar-refractivity contribution in [3.8, 4) is 17.0 Å². The van der Waals surface area contributed by atoms with Gasteiger partial charge in [-0.3, -0.25) is 4.98 Å². The molecule has 1 fully saturated rings. The van der Waals surface area contributed by atoms with Crippen molar-refractivity contribution >= 4 is 34.2 Å². The number of hydrogen-bond acceptors (Lipinski definition) is 10. The van der Waals surface area contributed by atoms with E-state index in [0.717, 1.165) is 53.5 Å². The Labute approximate surface area is 210 Å². The van der Waals surface area contributed by atoms with Crippen LogP contribution in [0.5, 0.6) is 5.75 Å². The summed E-state index contributed by atoms with van der Waals surface area (Å²) in [7, 11) is 4.04. The molecule has 186 valence electrons. The molecule has 0 bridgehead atoms. The largest absolute Gasteiger partial charge is 0.492 e. The summed E-state index contributed by atoms with van der Waals surface area (Å²) >= 11 is 0. The molecule has 1 aromatic carbocycles. The van der Waals surface area contributed by atoms with Crippen molar-refractivity contribution in [1.82, 2.24) is 24.8 Å². The lowest BCUT2D eigenvalue weighted by Crippen LogP contribution is -2.36. The van der Waals surface area contributed by atoms with Crippen molar-refractivity contribution in [3.63, 3.8) is 0 Å². The van der Waals surface area contributed by atoms with E-state index in [1.54, 1.807) is 12.4 Å². The number of ether oxygens (including phenoxy) is 2. The monoisotopic (exact) mass is 486 g/mol. The lowest BCUT2D eigenvalue weighted by molar-refractivity contribution is 0.122. The number of nitrogen functional groups attached to an aromatic ring is 1. The van der Waals surface area contributed by atoms with Crippen LogP contribution in [0.4, 0.5) is 23.3 Å². The van der Waals surface area contributed by atoms with Gasteiger partial charge in [0, 0.05) is 36.8 Å². The van der Waals surface area contributed by atoms with Crippen LogP contribution in [-0.4, -0.2) is 78.4 Å². The van der Waals surface area contributed by atoms with Crippen LogP contribution in [0.3, 0.4) is 0 Å². The van der Waals surface area contributed by atoms with E-state index in [9.17, 15) is 0 Å². The Morgan fingerprint density at radius 1 is 1.03 bits per heavy atom. The minimum atomic E-state index is 0.382. The predicted octanol–water partition coefficient (Wildman–Crippen LogP) is 3.19. The van der Waals surface area contributed by atoms with Gasteiger partial charge in [0.25, 0.3) is 0 Å². The molecule has 1 saturated heterocycles. The first-order valence-electron chi connectivity index (χ1n) is 11.9. The molecule has 5 rings (SSSR count). The van der Waals surface area contributed by atoms with Gasteiger partial charge in [0.05, 0.1) is 30.8 Å². The molecule has 0 amide bonds. The van der Waals surface area contributed by atoms with E-state index in [2.05, 4.69) is 30.1 Å². The Morgan fingerprint density at radius 3 is 2.56 bits per heavy atom. The van der Waals surface area contributed by atoms with Gasteiger partial charge in [0.2, 0.25) is 5.95 Å². The van der Waals surface area contributed by atoms with E-state index >= 15 is 0 Å². The van der Waals surface area contributed by atoms with E-state index in [4.69, 9.17) is 20.2 Å². The van der Waals surface area contributed by atoms with Gasteiger partial charge in [-0.05, 0) is 56.6 Å². The summed E-state index contributed by atoms with van der Waals surface area (Å²) in [6.45, 7) is 4.58. The van der Waals surface area contributed by atoms with Crippen LogP contribution < -0.4 is 20.7 Å². The van der Waals surface area contributed by atoms with Crippen LogP contribution in [0, 0.1) is 0 Å². The van der Waals surface area contributed by atoms with Gasteiger partial charge in [-0.15, -0.1) is 0 Å². The Hall–Kier alpha value is -4.02. The smallest absolute Gasteiger partial charge is 0.229 e. The SMILES string of the molecule is CN(C)CCOc1ccc(-c2nccc3c(N)nc(Nc4ccc(N5CCOCC5)nc4)nc23)cc1. The second-order valence-corrected chi connectivity index (χ2v) is 8.79. The third kappa shape index (κ3) is 5.45. The Morgan fingerprint density at radius 2 is 1.83 bits per heavy atom. The van der Waals surface area contributed by atoms with E-state index in [1.165, 1.54) is 0 Å². The van der Waals surface area contributed by atoms with Crippen LogP contribution in [0.15, 0.2) is 54.9 Å². The highest BCUT2D eigenvalue weighted by atomic mass is 16.5. The number of pyridine rings is 2. The number of nitrogens with two attached hydrogens (primary N) is 1. The molecule has 10 heteroatoms. The zero-order valence-corrected chi connectivity index (χ0v) is 20.5. The number of rotatable bonds is 8. The minimum Gasteiger partial charge on any atom is -0.492 e. The van der Waals surface area contributed by atoms with Crippen LogP contribution in [-0.2, 0) is 4.74 Å². The molecule has 0 saturated carbocycles. The maximum atomic E-state index is 6.31. The highest BCUT2D eigenvalue weighted by Gasteiger charge is 2.14. The second kappa shape index (κ2) is 10.7. The molecule has 4 heterocycles. The summed E-state index contributed by atoms with van der Waals surface area (Å²) in [6.07, 6.45) is 3.49. The average Bonchev–Trinajstić information content (AvgIpc) is 2.90. The molecule has 1 aliphatic heterocycles. The number of hydrogen-bond donors (Lipinski definition) is 2. The van der Waals surface area contributed by atoms with Crippen molar-refractivity contribution in [1.29, 1.82) is 0 Å². The number of benzene rings is 1. The Balaban J connectivity index is 1.37. The molecule has 0 spiro atoms. The standard InChI is InChI=1S/C26H30N8O2/c1-33(2)11-16-36-20-6-3-18(4-7-20)23-24-21(9-10-28-23)25(27)32-26(31-24)30-19-5-8-22(29-17-19)34-12-14-35-15-13-34/h3-10,17H,11-16H2,1-2H3,(H3,27,30,31,32). The van der Waals surface area contributed by atoms with Gasteiger partial charge in [0.15, 0.2) is 0 Å². The molecule has 10 nitrogen and oxygen atoms in total. The van der Waals surface area contributed by atoms with Gasteiger partial charge in [-0.25, -0.2) is 9.97 Å². The topological polar surface area (TPSA) is 115 Å².